The molecule has 1 amide bonds. The number of benzene rings is 1. The highest BCUT2D eigenvalue weighted by Crippen LogP contribution is 2.39. The molecule has 6 heteroatoms. The van der Waals surface area contributed by atoms with Crippen LogP contribution in [-0.2, 0) is 23.9 Å². The van der Waals surface area contributed by atoms with Crippen LogP contribution in [0.15, 0.2) is 24.3 Å². The Morgan fingerprint density at radius 1 is 1.09 bits per heavy atom. The number of anilines is 1. The maximum Gasteiger partial charge on any atom is 0.344 e. The molecule has 1 aromatic rings. The van der Waals surface area contributed by atoms with Gasteiger partial charge in [0.2, 0.25) is 5.91 Å². The van der Waals surface area contributed by atoms with Gasteiger partial charge in [-0.2, -0.15) is 0 Å². The van der Waals surface area contributed by atoms with E-state index in [9.17, 15) is 14.4 Å². The molecule has 6 nitrogen and oxygen atoms in total. The number of hydrogen-bond acceptors (Lipinski definition) is 5. The third-order valence-electron chi connectivity index (χ3n) is 3.56. The summed E-state index contributed by atoms with van der Waals surface area (Å²) in [7, 11) is 0. The second-order valence-corrected chi connectivity index (χ2v) is 5.04. The number of carbonyl (C=O) groups is 3. The van der Waals surface area contributed by atoms with Gasteiger partial charge in [-0.25, -0.2) is 9.59 Å². The van der Waals surface area contributed by atoms with E-state index in [-0.39, 0.29) is 25.5 Å². The third kappa shape index (κ3) is 2.45. The molecule has 1 aliphatic rings. The van der Waals surface area contributed by atoms with E-state index in [4.69, 9.17) is 9.47 Å². The largest absolute Gasteiger partial charge is 0.464 e. The van der Waals surface area contributed by atoms with Crippen LogP contribution < -0.4 is 4.90 Å². The average molecular weight is 305 g/mol. The van der Waals surface area contributed by atoms with Crippen molar-refractivity contribution >= 4 is 23.5 Å². The normalized spacial score (nSPS) is 16.0. The zero-order chi connectivity index (χ0) is 16.3. The van der Waals surface area contributed by atoms with E-state index in [0.717, 1.165) is 5.56 Å². The van der Waals surface area contributed by atoms with Crippen molar-refractivity contribution in [1.82, 2.24) is 0 Å². The van der Waals surface area contributed by atoms with Crippen LogP contribution in [0.4, 0.5) is 5.69 Å². The molecule has 0 atom stereocenters. The van der Waals surface area contributed by atoms with Gasteiger partial charge in [-0.1, -0.05) is 17.7 Å². The van der Waals surface area contributed by atoms with Crippen LogP contribution in [-0.4, -0.2) is 36.6 Å². The van der Waals surface area contributed by atoms with Crippen LogP contribution in [0.1, 0.15) is 25.8 Å². The fourth-order valence-corrected chi connectivity index (χ4v) is 2.47. The minimum absolute atomic E-state index is 0.121. The molecular formula is C16H19NO5. The van der Waals surface area contributed by atoms with Crippen molar-refractivity contribution in [2.75, 3.05) is 18.1 Å². The Balaban J connectivity index is 2.44. The molecule has 1 fully saturated rings. The highest BCUT2D eigenvalue weighted by molar-refractivity contribution is 6.24. The average Bonchev–Trinajstić information content (AvgIpc) is 2.47. The fraction of sp³-hybridized carbons (Fsp3) is 0.438. The Kier molecular flexibility index (Phi) is 4.49. The fourth-order valence-electron chi connectivity index (χ4n) is 2.47. The van der Waals surface area contributed by atoms with E-state index in [0.29, 0.717) is 5.69 Å². The number of aryl methyl sites for hydroxylation is 1. The summed E-state index contributed by atoms with van der Waals surface area (Å²) in [5, 5.41) is 0. The summed E-state index contributed by atoms with van der Waals surface area (Å²) in [6.45, 7) is 5.44. The molecule has 0 bridgehead atoms. The highest BCUT2D eigenvalue weighted by Gasteiger charge is 2.65. The summed E-state index contributed by atoms with van der Waals surface area (Å²) in [6.07, 6.45) is -0.238. The molecule has 1 heterocycles. The van der Waals surface area contributed by atoms with Gasteiger partial charge in [0.05, 0.1) is 19.6 Å². The molecule has 22 heavy (non-hydrogen) atoms. The van der Waals surface area contributed by atoms with Crippen LogP contribution >= 0.6 is 0 Å². The lowest BCUT2D eigenvalue weighted by molar-refractivity contribution is -0.171. The Hall–Kier alpha value is -2.37. The molecule has 0 unspecified atom stereocenters. The minimum atomic E-state index is -1.71. The van der Waals surface area contributed by atoms with Crippen molar-refractivity contribution in [2.45, 2.75) is 32.7 Å². The number of nitrogens with zero attached hydrogens (tertiary/aromatic N) is 1. The molecule has 0 N–H and O–H groups in total. The lowest BCUT2D eigenvalue weighted by Crippen LogP contribution is -2.73. The number of esters is 2. The standard InChI is InChI=1S/C16H19NO5/c1-4-21-14(19)16(15(20)22-5-2)10-13(18)17(16)12-8-6-11(3)7-9-12/h6-9H,4-5,10H2,1-3H3. The van der Waals surface area contributed by atoms with Gasteiger partial charge < -0.3 is 9.47 Å². The first-order valence-electron chi connectivity index (χ1n) is 7.21. The van der Waals surface area contributed by atoms with Gasteiger partial charge in [0.1, 0.15) is 0 Å². The smallest absolute Gasteiger partial charge is 0.344 e. The van der Waals surface area contributed by atoms with Crippen molar-refractivity contribution in [3.63, 3.8) is 0 Å². The number of ether oxygens (including phenoxy) is 2. The first kappa shape index (κ1) is 16.0. The molecule has 0 aromatic heterocycles. The topological polar surface area (TPSA) is 72.9 Å². The molecule has 1 aromatic carbocycles. The van der Waals surface area contributed by atoms with Gasteiger partial charge in [0.25, 0.3) is 5.54 Å². The molecule has 1 aliphatic heterocycles. The second-order valence-electron chi connectivity index (χ2n) is 5.04. The molecule has 0 aliphatic carbocycles. The number of hydrogen-bond donors (Lipinski definition) is 0. The van der Waals surface area contributed by atoms with Crippen molar-refractivity contribution in [3.8, 4) is 0 Å². The SMILES string of the molecule is CCOC(=O)C1(C(=O)OCC)CC(=O)N1c1ccc(C)cc1. The van der Waals surface area contributed by atoms with E-state index in [1.807, 2.05) is 19.1 Å². The second kappa shape index (κ2) is 6.17. The number of carbonyl (C=O) groups excluding carboxylic acids is 3. The van der Waals surface area contributed by atoms with E-state index < -0.39 is 17.5 Å². The zero-order valence-corrected chi connectivity index (χ0v) is 12.9. The number of β-lactam (4-membered cyclic amide) rings is 1. The van der Waals surface area contributed by atoms with Crippen LogP contribution in [0.2, 0.25) is 0 Å². The van der Waals surface area contributed by atoms with Crippen LogP contribution in [0, 0.1) is 6.92 Å². The minimum Gasteiger partial charge on any atom is -0.464 e. The van der Waals surface area contributed by atoms with Crippen molar-refractivity contribution in [1.29, 1.82) is 0 Å². The zero-order valence-electron chi connectivity index (χ0n) is 12.9. The molecular weight excluding hydrogens is 286 g/mol. The van der Waals surface area contributed by atoms with Crippen LogP contribution in [0.3, 0.4) is 0 Å². The Morgan fingerprint density at radius 2 is 1.59 bits per heavy atom. The summed E-state index contributed by atoms with van der Waals surface area (Å²) in [5.41, 5.74) is -0.226. The van der Waals surface area contributed by atoms with Gasteiger partial charge in [0, 0.05) is 5.69 Å². The van der Waals surface area contributed by atoms with E-state index in [1.165, 1.54) is 4.90 Å². The Labute approximate surface area is 129 Å². The lowest BCUT2D eigenvalue weighted by atomic mass is 9.82. The Bertz CT molecular complexity index is 575. The molecule has 2 rings (SSSR count). The van der Waals surface area contributed by atoms with Gasteiger partial charge in [-0.3, -0.25) is 9.69 Å². The highest BCUT2D eigenvalue weighted by atomic mass is 16.6. The predicted molar refractivity (Wildman–Crippen MR) is 79.3 cm³/mol. The number of rotatable bonds is 5. The lowest BCUT2D eigenvalue weighted by Gasteiger charge is -2.47. The third-order valence-corrected chi connectivity index (χ3v) is 3.56. The summed E-state index contributed by atoms with van der Waals surface area (Å²) in [5.74, 6) is -1.83. The predicted octanol–water partition coefficient (Wildman–Crippen LogP) is 1.60. The molecule has 0 saturated carbocycles. The molecule has 0 spiro atoms. The molecule has 118 valence electrons. The van der Waals surface area contributed by atoms with Crippen LogP contribution in [0.5, 0.6) is 0 Å². The van der Waals surface area contributed by atoms with E-state index >= 15 is 0 Å². The summed E-state index contributed by atoms with van der Waals surface area (Å²) < 4.78 is 10.0. The summed E-state index contributed by atoms with van der Waals surface area (Å²) in [4.78, 5) is 37.9. The monoisotopic (exact) mass is 305 g/mol. The number of amides is 1. The maximum absolute atomic E-state index is 12.3. The van der Waals surface area contributed by atoms with Gasteiger partial charge in [-0.15, -0.1) is 0 Å². The summed E-state index contributed by atoms with van der Waals surface area (Å²) in [6, 6.07) is 7.00. The van der Waals surface area contributed by atoms with Gasteiger partial charge in [-0.05, 0) is 32.9 Å². The Morgan fingerprint density at radius 3 is 2.00 bits per heavy atom. The first-order chi connectivity index (χ1) is 10.5. The summed E-state index contributed by atoms with van der Waals surface area (Å²) >= 11 is 0. The first-order valence-corrected chi connectivity index (χ1v) is 7.21. The van der Waals surface area contributed by atoms with Crippen molar-refractivity contribution < 1.29 is 23.9 Å². The van der Waals surface area contributed by atoms with Crippen molar-refractivity contribution in [3.05, 3.63) is 29.8 Å². The molecule has 0 radical (unpaired) electrons. The van der Waals surface area contributed by atoms with Crippen LogP contribution in [0.25, 0.3) is 0 Å². The van der Waals surface area contributed by atoms with Gasteiger partial charge in [0.15, 0.2) is 0 Å². The van der Waals surface area contributed by atoms with E-state index in [1.54, 1.807) is 26.0 Å². The molecule has 1 saturated heterocycles. The van der Waals surface area contributed by atoms with Crippen molar-refractivity contribution in [2.24, 2.45) is 0 Å². The van der Waals surface area contributed by atoms with E-state index in [2.05, 4.69) is 0 Å². The van der Waals surface area contributed by atoms with Gasteiger partial charge >= 0.3 is 11.9 Å². The maximum atomic E-state index is 12.3. The quantitative estimate of drug-likeness (QED) is 0.469.